The number of carbonyl (C=O) groups excluding carboxylic acids is 2. The van der Waals surface area contributed by atoms with Gasteiger partial charge in [0.05, 0.1) is 12.6 Å². The molecule has 0 saturated heterocycles. The van der Waals surface area contributed by atoms with E-state index in [-0.39, 0.29) is 29.8 Å². The van der Waals surface area contributed by atoms with Gasteiger partial charge in [-0.2, -0.15) is 0 Å². The molecule has 140 valence electrons. The predicted octanol–water partition coefficient (Wildman–Crippen LogP) is 3.85. The average molecular weight is 347 g/mol. The highest BCUT2D eigenvalue weighted by atomic mass is 16.2. The van der Waals surface area contributed by atoms with Crippen LogP contribution in [0.5, 0.6) is 0 Å². The number of hydrogen-bond donors (Lipinski definition) is 2. The van der Waals surface area contributed by atoms with Crippen LogP contribution < -0.4 is 10.6 Å². The number of amides is 1. The largest absolute Gasteiger partial charge is 0.340 e. The fraction of sp³-hybridized carbons (Fsp3) is 0.619. The van der Waals surface area contributed by atoms with Crippen molar-refractivity contribution < 1.29 is 9.59 Å². The summed E-state index contributed by atoms with van der Waals surface area (Å²) in [7, 11) is 0. The van der Waals surface area contributed by atoms with Crippen molar-refractivity contribution in [2.75, 3.05) is 0 Å². The van der Waals surface area contributed by atoms with Gasteiger partial charge in [0.2, 0.25) is 5.91 Å². The van der Waals surface area contributed by atoms with Crippen molar-refractivity contribution >= 4 is 11.7 Å². The molecular formula is C21H34N2O2. The van der Waals surface area contributed by atoms with Crippen LogP contribution in [-0.4, -0.2) is 23.4 Å². The Morgan fingerprint density at radius 1 is 1.04 bits per heavy atom. The van der Waals surface area contributed by atoms with Crippen molar-refractivity contribution in [2.45, 2.75) is 78.9 Å². The molecule has 0 aliphatic carbocycles. The third-order valence-electron chi connectivity index (χ3n) is 4.22. The van der Waals surface area contributed by atoms with Crippen molar-refractivity contribution in [3.05, 3.63) is 35.9 Å². The molecule has 0 spiro atoms. The van der Waals surface area contributed by atoms with Gasteiger partial charge in [-0.25, -0.2) is 0 Å². The highest BCUT2D eigenvalue weighted by Gasteiger charge is 2.26. The molecule has 1 atom stereocenters. The summed E-state index contributed by atoms with van der Waals surface area (Å²) in [6.07, 6.45) is 2.47. The van der Waals surface area contributed by atoms with Gasteiger partial charge < -0.3 is 5.32 Å². The Hall–Kier alpha value is -1.68. The Labute approximate surface area is 152 Å². The Morgan fingerprint density at radius 3 is 2.16 bits per heavy atom. The summed E-state index contributed by atoms with van der Waals surface area (Å²) in [5.74, 6) is -0.267. The van der Waals surface area contributed by atoms with E-state index in [2.05, 4.69) is 31.4 Å². The van der Waals surface area contributed by atoms with Crippen LogP contribution in [-0.2, 0) is 16.0 Å². The third-order valence-corrected chi connectivity index (χ3v) is 4.22. The predicted molar refractivity (Wildman–Crippen MR) is 103 cm³/mol. The number of benzene rings is 1. The maximum absolute atomic E-state index is 12.4. The molecule has 0 heterocycles. The van der Waals surface area contributed by atoms with Gasteiger partial charge >= 0.3 is 0 Å². The summed E-state index contributed by atoms with van der Waals surface area (Å²) in [5.41, 5.74) is 0.561. The van der Waals surface area contributed by atoms with E-state index in [1.54, 1.807) is 0 Å². The van der Waals surface area contributed by atoms with Gasteiger partial charge in [0.25, 0.3) is 0 Å². The first-order valence-corrected chi connectivity index (χ1v) is 9.18. The molecule has 1 aromatic carbocycles. The molecule has 2 N–H and O–H groups in total. The van der Waals surface area contributed by atoms with Gasteiger partial charge in [-0.1, -0.05) is 64.4 Å². The Bertz CT molecular complexity index is 559. The molecule has 0 aromatic heterocycles. The highest BCUT2D eigenvalue weighted by Crippen LogP contribution is 2.17. The highest BCUT2D eigenvalue weighted by molar-refractivity contribution is 6.00. The molecule has 0 unspecified atom stereocenters. The third kappa shape index (κ3) is 8.30. The van der Waals surface area contributed by atoms with E-state index in [9.17, 15) is 9.59 Å². The normalized spacial score (nSPS) is 13.4. The Kier molecular flexibility index (Phi) is 7.81. The first-order valence-electron chi connectivity index (χ1n) is 9.18. The summed E-state index contributed by atoms with van der Waals surface area (Å²) < 4.78 is 0. The zero-order valence-corrected chi connectivity index (χ0v) is 16.6. The number of nitrogens with one attached hydrogen (secondary N) is 2. The van der Waals surface area contributed by atoms with E-state index in [0.29, 0.717) is 6.42 Å². The molecule has 0 saturated carbocycles. The van der Waals surface area contributed by atoms with E-state index >= 15 is 0 Å². The Balaban J connectivity index is 2.80. The average Bonchev–Trinajstić information content (AvgIpc) is 2.46. The van der Waals surface area contributed by atoms with Crippen LogP contribution in [0.25, 0.3) is 0 Å². The smallest absolute Gasteiger partial charge is 0.228 e. The van der Waals surface area contributed by atoms with Gasteiger partial charge in [-0.3, -0.25) is 14.9 Å². The van der Waals surface area contributed by atoms with Gasteiger partial charge in [0.1, 0.15) is 5.78 Å². The maximum atomic E-state index is 12.4. The molecule has 0 aliphatic rings. The van der Waals surface area contributed by atoms with Gasteiger partial charge in [-0.05, 0) is 25.8 Å². The number of Topliss-reactive ketones (excluding diaryl/α,β-unsaturated/α-hetero) is 1. The van der Waals surface area contributed by atoms with E-state index in [4.69, 9.17) is 0 Å². The lowest BCUT2D eigenvalue weighted by molar-refractivity contribution is -0.133. The lowest BCUT2D eigenvalue weighted by Crippen LogP contribution is -2.55. The first kappa shape index (κ1) is 21.4. The monoisotopic (exact) mass is 346 g/mol. The van der Waals surface area contributed by atoms with Crippen molar-refractivity contribution in [3.8, 4) is 0 Å². The van der Waals surface area contributed by atoms with Crippen molar-refractivity contribution in [1.82, 2.24) is 10.6 Å². The van der Waals surface area contributed by atoms with Crippen LogP contribution in [0.3, 0.4) is 0 Å². The lowest BCUT2D eigenvalue weighted by atomic mass is 9.89. The quantitative estimate of drug-likeness (QED) is 0.527. The summed E-state index contributed by atoms with van der Waals surface area (Å²) in [5, 5.41) is 6.55. The Morgan fingerprint density at radius 2 is 1.64 bits per heavy atom. The summed E-state index contributed by atoms with van der Waals surface area (Å²) in [6, 6.07) is 10.1. The fourth-order valence-electron chi connectivity index (χ4n) is 2.81. The molecule has 0 fully saturated rings. The van der Waals surface area contributed by atoms with Gasteiger partial charge in [-0.15, -0.1) is 0 Å². The van der Waals surface area contributed by atoms with Crippen molar-refractivity contribution in [1.29, 1.82) is 0 Å². The van der Waals surface area contributed by atoms with Crippen molar-refractivity contribution in [2.24, 2.45) is 5.41 Å². The standard InChI is InChI=1S/C21H34N2O2/c1-7-13-21(5,6)23-18(14-16-11-9-8-10-12-16)22-19(25)15-17(24)20(2,3)4/h8-12,18,23H,7,13-15H2,1-6H3,(H,22,25)/t18-/m0/s1. The van der Waals surface area contributed by atoms with Gasteiger partial charge in [0, 0.05) is 17.4 Å². The second-order valence-electron chi connectivity index (χ2n) is 8.44. The topological polar surface area (TPSA) is 58.2 Å². The zero-order chi connectivity index (χ0) is 19.1. The molecule has 25 heavy (non-hydrogen) atoms. The second-order valence-corrected chi connectivity index (χ2v) is 8.44. The molecule has 0 bridgehead atoms. The molecule has 0 aliphatic heterocycles. The summed E-state index contributed by atoms with van der Waals surface area (Å²) >= 11 is 0. The molecule has 1 aromatic rings. The summed E-state index contributed by atoms with van der Waals surface area (Å²) in [6.45, 7) is 11.9. The van der Waals surface area contributed by atoms with E-state index in [1.165, 1.54) is 0 Å². The number of hydrogen-bond acceptors (Lipinski definition) is 3. The number of carbonyl (C=O) groups is 2. The van der Waals surface area contributed by atoms with Crippen LogP contribution >= 0.6 is 0 Å². The molecule has 4 nitrogen and oxygen atoms in total. The SMILES string of the molecule is CCCC(C)(C)N[C@@H](Cc1ccccc1)NC(=O)CC(=O)C(C)(C)C. The minimum atomic E-state index is -0.499. The van der Waals surface area contributed by atoms with Crippen LogP contribution in [0.1, 0.15) is 66.4 Å². The molecule has 4 heteroatoms. The fourth-order valence-corrected chi connectivity index (χ4v) is 2.81. The van der Waals surface area contributed by atoms with E-state index in [0.717, 1.165) is 18.4 Å². The van der Waals surface area contributed by atoms with Crippen LogP contribution in [0.4, 0.5) is 0 Å². The van der Waals surface area contributed by atoms with Crippen LogP contribution in [0, 0.1) is 5.41 Å². The van der Waals surface area contributed by atoms with Crippen molar-refractivity contribution in [3.63, 3.8) is 0 Å². The van der Waals surface area contributed by atoms with E-state index < -0.39 is 5.41 Å². The first-order chi connectivity index (χ1) is 11.5. The minimum absolute atomic E-state index is 0.0451. The summed E-state index contributed by atoms with van der Waals surface area (Å²) in [4.78, 5) is 24.5. The van der Waals surface area contributed by atoms with Gasteiger partial charge in [0.15, 0.2) is 0 Å². The van der Waals surface area contributed by atoms with E-state index in [1.807, 2.05) is 51.1 Å². The zero-order valence-electron chi connectivity index (χ0n) is 16.6. The molecule has 0 radical (unpaired) electrons. The molecule has 1 amide bonds. The minimum Gasteiger partial charge on any atom is -0.340 e. The number of rotatable bonds is 9. The number of ketones is 1. The second kappa shape index (κ2) is 9.14. The molecular weight excluding hydrogens is 312 g/mol. The van der Waals surface area contributed by atoms with Crippen LogP contribution in [0.2, 0.25) is 0 Å². The molecule has 1 rings (SSSR count). The maximum Gasteiger partial charge on any atom is 0.228 e. The van der Waals surface area contributed by atoms with Crippen LogP contribution in [0.15, 0.2) is 30.3 Å². The lowest BCUT2D eigenvalue weighted by Gasteiger charge is -2.32.